The van der Waals surface area contributed by atoms with Crippen molar-refractivity contribution in [2.24, 2.45) is 5.92 Å². The topological polar surface area (TPSA) is 35.8 Å². The Kier molecular flexibility index (Phi) is 4.15. The average Bonchev–Trinajstić information content (AvgIpc) is 3.15. The van der Waals surface area contributed by atoms with Gasteiger partial charge in [-0.05, 0) is 30.5 Å². The molecule has 0 amide bonds. The van der Waals surface area contributed by atoms with Crippen LogP contribution >= 0.6 is 11.3 Å². The second kappa shape index (κ2) is 6.21. The molecule has 0 bridgehead atoms. The van der Waals surface area contributed by atoms with Gasteiger partial charge in [-0.3, -0.25) is 0 Å². The SMILES string of the molecule is N#CC1CCCC1NCc1ccc(-c2ccccc2)s1. The Hall–Kier alpha value is -1.63. The zero-order valence-corrected chi connectivity index (χ0v) is 12.2. The highest BCUT2D eigenvalue weighted by Crippen LogP contribution is 2.29. The first-order valence-corrected chi connectivity index (χ1v) is 7.95. The Labute approximate surface area is 124 Å². The van der Waals surface area contributed by atoms with E-state index >= 15 is 0 Å². The van der Waals surface area contributed by atoms with Crippen LogP contribution in [0.4, 0.5) is 0 Å². The van der Waals surface area contributed by atoms with Gasteiger partial charge in [0.25, 0.3) is 0 Å². The summed E-state index contributed by atoms with van der Waals surface area (Å²) in [6.45, 7) is 0.875. The zero-order chi connectivity index (χ0) is 13.8. The van der Waals surface area contributed by atoms with Crippen molar-refractivity contribution < 1.29 is 0 Å². The lowest BCUT2D eigenvalue weighted by atomic mass is 10.1. The second-order valence-corrected chi connectivity index (χ2v) is 6.45. The summed E-state index contributed by atoms with van der Waals surface area (Å²) in [6, 6.07) is 17.7. The molecule has 3 heteroatoms. The van der Waals surface area contributed by atoms with Crippen LogP contribution in [-0.4, -0.2) is 6.04 Å². The van der Waals surface area contributed by atoms with Crippen LogP contribution in [0.15, 0.2) is 42.5 Å². The lowest BCUT2D eigenvalue weighted by Crippen LogP contribution is -2.30. The normalized spacial score (nSPS) is 21.8. The minimum atomic E-state index is 0.198. The predicted molar refractivity (Wildman–Crippen MR) is 83.3 cm³/mol. The Morgan fingerprint density at radius 1 is 1.15 bits per heavy atom. The van der Waals surface area contributed by atoms with Crippen molar-refractivity contribution in [1.29, 1.82) is 5.26 Å². The molecule has 1 aliphatic carbocycles. The van der Waals surface area contributed by atoms with Gasteiger partial charge in [0, 0.05) is 22.3 Å². The number of benzene rings is 1. The van der Waals surface area contributed by atoms with Gasteiger partial charge in [-0.2, -0.15) is 5.26 Å². The van der Waals surface area contributed by atoms with Gasteiger partial charge >= 0.3 is 0 Å². The van der Waals surface area contributed by atoms with Crippen molar-refractivity contribution >= 4 is 11.3 Å². The molecule has 1 heterocycles. The molecule has 1 saturated carbocycles. The lowest BCUT2D eigenvalue weighted by molar-refractivity contribution is 0.466. The minimum absolute atomic E-state index is 0.198. The number of nitriles is 1. The third kappa shape index (κ3) is 2.92. The van der Waals surface area contributed by atoms with Crippen molar-refractivity contribution in [2.75, 3.05) is 0 Å². The van der Waals surface area contributed by atoms with E-state index in [0.29, 0.717) is 6.04 Å². The maximum Gasteiger partial charge on any atom is 0.0672 e. The van der Waals surface area contributed by atoms with Crippen LogP contribution in [0.2, 0.25) is 0 Å². The number of hydrogen-bond acceptors (Lipinski definition) is 3. The van der Waals surface area contributed by atoms with Gasteiger partial charge in [0.2, 0.25) is 0 Å². The van der Waals surface area contributed by atoms with Crippen molar-refractivity contribution in [3.05, 3.63) is 47.3 Å². The minimum Gasteiger partial charge on any atom is -0.308 e. The van der Waals surface area contributed by atoms with Crippen LogP contribution in [0.25, 0.3) is 10.4 Å². The first-order valence-electron chi connectivity index (χ1n) is 7.14. The summed E-state index contributed by atoms with van der Waals surface area (Å²) in [5.41, 5.74) is 1.28. The molecule has 1 aliphatic rings. The summed E-state index contributed by atoms with van der Waals surface area (Å²) in [6.07, 6.45) is 3.36. The van der Waals surface area contributed by atoms with Gasteiger partial charge in [0.05, 0.1) is 12.0 Å². The van der Waals surface area contributed by atoms with Crippen LogP contribution in [0, 0.1) is 17.2 Å². The van der Waals surface area contributed by atoms with Crippen molar-refractivity contribution in [2.45, 2.75) is 31.8 Å². The van der Waals surface area contributed by atoms with E-state index in [2.05, 4.69) is 47.8 Å². The summed E-state index contributed by atoms with van der Waals surface area (Å²) in [7, 11) is 0. The second-order valence-electron chi connectivity index (χ2n) is 5.29. The van der Waals surface area contributed by atoms with E-state index in [9.17, 15) is 0 Å². The summed E-state index contributed by atoms with van der Waals surface area (Å²) < 4.78 is 0. The largest absolute Gasteiger partial charge is 0.308 e. The fourth-order valence-corrected chi connectivity index (χ4v) is 3.79. The molecule has 2 aromatic rings. The maximum atomic E-state index is 9.10. The number of rotatable bonds is 4. The molecular formula is C17H18N2S. The van der Waals surface area contributed by atoms with E-state index < -0.39 is 0 Å². The number of nitrogens with one attached hydrogen (secondary N) is 1. The fourth-order valence-electron chi connectivity index (χ4n) is 2.82. The Bertz CT molecular complexity index is 597. The van der Waals surface area contributed by atoms with Crippen LogP contribution in [0.5, 0.6) is 0 Å². The predicted octanol–water partition coefficient (Wildman–Crippen LogP) is 4.20. The summed E-state index contributed by atoms with van der Waals surface area (Å²) in [5.74, 6) is 0.198. The molecule has 2 unspecified atom stereocenters. The van der Waals surface area contributed by atoms with Gasteiger partial charge in [-0.25, -0.2) is 0 Å². The number of hydrogen-bond donors (Lipinski definition) is 1. The standard InChI is InChI=1S/C17H18N2S/c18-11-14-7-4-8-16(14)19-12-15-9-10-17(20-15)13-5-2-1-3-6-13/h1-3,5-6,9-10,14,16,19H,4,7-8,12H2. The van der Waals surface area contributed by atoms with Crippen molar-refractivity contribution in [1.82, 2.24) is 5.32 Å². The van der Waals surface area contributed by atoms with E-state index in [1.807, 2.05) is 17.4 Å². The molecular weight excluding hydrogens is 264 g/mol. The van der Waals surface area contributed by atoms with Gasteiger partial charge in [-0.1, -0.05) is 36.8 Å². The number of nitrogens with zero attached hydrogens (tertiary/aromatic N) is 1. The highest BCUT2D eigenvalue weighted by Gasteiger charge is 2.26. The molecule has 20 heavy (non-hydrogen) atoms. The molecule has 0 saturated heterocycles. The average molecular weight is 282 g/mol. The maximum absolute atomic E-state index is 9.10. The van der Waals surface area contributed by atoms with Gasteiger partial charge in [0.1, 0.15) is 0 Å². The molecule has 0 radical (unpaired) electrons. The van der Waals surface area contributed by atoms with E-state index in [-0.39, 0.29) is 5.92 Å². The molecule has 1 aromatic heterocycles. The smallest absolute Gasteiger partial charge is 0.0672 e. The van der Waals surface area contributed by atoms with Crippen LogP contribution in [0.1, 0.15) is 24.1 Å². The third-order valence-corrected chi connectivity index (χ3v) is 5.07. The van der Waals surface area contributed by atoms with Crippen LogP contribution < -0.4 is 5.32 Å². The van der Waals surface area contributed by atoms with Crippen molar-refractivity contribution in [3.8, 4) is 16.5 Å². The Morgan fingerprint density at radius 3 is 2.80 bits per heavy atom. The Morgan fingerprint density at radius 2 is 2.00 bits per heavy atom. The Balaban J connectivity index is 1.62. The lowest BCUT2D eigenvalue weighted by Gasteiger charge is -2.14. The first-order chi connectivity index (χ1) is 9.86. The summed E-state index contributed by atoms with van der Waals surface area (Å²) >= 11 is 1.83. The first kappa shape index (κ1) is 13.4. The molecule has 0 spiro atoms. The van der Waals surface area contributed by atoms with Gasteiger partial charge in [0.15, 0.2) is 0 Å². The highest BCUT2D eigenvalue weighted by molar-refractivity contribution is 7.15. The molecule has 2 nitrogen and oxygen atoms in total. The molecule has 2 atom stereocenters. The molecule has 1 aromatic carbocycles. The monoisotopic (exact) mass is 282 g/mol. The van der Waals surface area contributed by atoms with E-state index in [0.717, 1.165) is 19.4 Å². The zero-order valence-electron chi connectivity index (χ0n) is 11.4. The van der Waals surface area contributed by atoms with E-state index in [4.69, 9.17) is 5.26 Å². The quantitative estimate of drug-likeness (QED) is 0.912. The fraction of sp³-hybridized carbons (Fsp3) is 0.353. The number of thiophene rings is 1. The molecule has 3 rings (SSSR count). The van der Waals surface area contributed by atoms with Gasteiger partial charge < -0.3 is 5.32 Å². The summed E-state index contributed by atoms with van der Waals surface area (Å²) in [4.78, 5) is 2.65. The van der Waals surface area contributed by atoms with Crippen LogP contribution in [-0.2, 0) is 6.54 Å². The molecule has 102 valence electrons. The van der Waals surface area contributed by atoms with Crippen molar-refractivity contribution in [3.63, 3.8) is 0 Å². The van der Waals surface area contributed by atoms with E-state index in [1.165, 1.54) is 21.7 Å². The highest BCUT2D eigenvalue weighted by atomic mass is 32.1. The van der Waals surface area contributed by atoms with Crippen LogP contribution in [0.3, 0.4) is 0 Å². The molecule has 1 N–H and O–H groups in total. The molecule has 0 aliphatic heterocycles. The third-order valence-electron chi connectivity index (χ3n) is 3.94. The molecule has 1 fully saturated rings. The van der Waals surface area contributed by atoms with Gasteiger partial charge in [-0.15, -0.1) is 11.3 Å². The summed E-state index contributed by atoms with van der Waals surface area (Å²) in [5, 5.41) is 12.7. The van der Waals surface area contributed by atoms with E-state index in [1.54, 1.807) is 0 Å².